The van der Waals surface area contributed by atoms with Gasteiger partial charge in [0.2, 0.25) is 11.8 Å². The minimum absolute atomic E-state index is 0.104. The van der Waals surface area contributed by atoms with Gasteiger partial charge in [-0.2, -0.15) is 0 Å². The van der Waals surface area contributed by atoms with E-state index >= 15 is 0 Å². The van der Waals surface area contributed by atoms with E-state index in [1.165, 1.54) is 6.92 Å². The molecule has 2 aliphatic heterocycles. The lowest BCUT2D eigenvalue weighted by Gasteiger charge is -2.26. The highest BCUT2D eigenvalue weighted by Gasteiger charge is 2.39. The van der Waals surface area contributed by atoms with Gasteiger partial charge in [-0.25, -0.2) is 0 Å². The SMILES string of the molecule is CC(=O)N1CSC[C@@H]1C(=O)N1CC[C@@H](C(=O)O)C1. The number of thioether (sulfide) groups is 1. The van der Waals surface area contributed by atoms with Crippen LogP contribution in [0.25, 0.3) is 0 Å². The van der Waals surface area contributed by atoms with Gasteiger partial charge in [0.15, 0.2) is 0 Å². The minimum Gasteiger partial charge on any atom is -0.481 e. The zero-order valence-electron chi connectivity index (χ0n) is 10.2. The molecule has 6 nitrogen and oxygen atoms in total. The number of aliphatic carboxylic acids is 1. The normalized spacial score (nSPS) is 27.6. The molecule has 0 radical (unpaired) electrons. The molecule has 2 atom stereocenters. The van der Waals surface area contributed by atoms with Crippen LogP contribution in [0.3, 0.4) is 0 Å². The van der Waals surface area contributed by atoms with Crippen LogP contribution in [0.4, 0.5) is 0 Å². The molecule has 1 N–H and O–H groups in total. The number of carbonyl (C=O) groups excluding carboxylic acids is 2. The summed E-state index contributed by atoms with van der Waals surface area (Å²) in [4.78, 5) is 37.6. The Morgan fingerprint density at radius 3 is 2.61 bits per heavy atom. The second-order valence-electron chi connectivity index (χ2n) is 4.61. The second kappa shape index (κ2) is 5.17. The molecule has 0 spiro atoms. The number of amides is 2. The van der Waals surface area contributed by atoms with Crippen molar-refractivity contribution in [3.8, 4) is 0 Å². The van der Waals surface area contributed by atoms with Crippen LogP contribution in [0.15, 0.2) is 0 Å². The summed E-state index contributed by atoms with van der Waals surface area (Å²) in [6.07, 6.45) is 0.501. The van der Waals surface area contributed by atoms with E-state index in [0.717, 1.165) is 0 Å². The van der Waals surface area contributed by atoms with E-state index in [1.54, 1.807) is 21.6 Å². The van der Waals surface area contributed by atoms with E-state index in [9.17, 15) is 14.4 Å². The van der Waals surface area contributed by atoms with Gasteiger partial charge in [-0.05, 0) is 6.42 Å². The van der Waals surface area contributed by atoms with Crippen molar-refractivity contribution < 1.29 is 19.5 Å². The van der Waals surface area contributed by atoms with Crippen molar-refractivity contribution in [2.24, 2.45) is 5.92 Å². The Morgan fingerprint density at radius 1 is 1.33 bits per heavy atom. The fourth-order valence-corrected chi connectivity index (χ4v) is 3.54. The van der Waals surface area contributed by atoms with Gasteiger partial charge in [0.1, 0.15) is 6.04 Å². The summed E-state index contributed by atoms with van der Waals surface area (Å²) in [5.41, 5.74) is 0. The average molecular weight is 272 g/mol. The third-order valence-corrected chi connectivity index (χ3v) is 4.43. The van der Waals surface area contributed by atoms with Crippen molar-refractivity contribution in [3.63, 3.8) is 0 Å². The summed E-state index contributed by atoms with van der Waals surface area (Å²) in [7, 11) is 0. The van der Waals surface area contributed by atoms with Gasteiger partial charge in [0, 0.05) is 25.8 Å². The molecule has 0 aliphatic carbocycles. The number of rotatable bonds is 2. The van der Waals surface area contributed by atoms with Crippen molar-refractivity contribution >= 4 is 29.5 Å². The van der Waals surface area contributed by atoms with Gasteiger partial charge in [-0.1, -0.05) is 0 Å². The minimum atomic E-state index is -0.852. The van der Waals surface area contributed by atoms with Crippen molar-refractivity contribution in [2.75, 3.05) is 24.7 Å². The monoisotopic (exact) mass is 272 g/mol. The molecule has 2 fully saturated rings. The number of hydrogen-bond acceptors (Lipinski definition) is 4. The number of likely N-dealkylation sites (tertiary alicyclic amines) is 1. The summed E-state index contributed by atoms with van der Waals surface area (Å²) in [5, 5.41) is 8.91. The first kappa shape index (κ1) is 13.2. The smallest absolute Gasteiger partial charge is 0.308 e. The van der Waals surface area contributed by atoms with Gasteiger partial charge in [-0.15, -0.1) is 11.8 Å². The van der Waals surface area contributed by atoms with E-state index in [0.29, 0.717) is 24.6 Å². The van der Waals surface area contributed by atoms with Crippen LogP contribution in [0, 0.1) is 5.92 Å². The van der Waals surface area contributed by atoms with E-state index < -0.39 is 17.9 Å². The molecule has 0 aromatic carbocycles. The van der Waals surface area contributed by atoms with Gasteiger partial charge in [0.05, 0.1) is 11.8 Å². The molecular weight excluding hydrogens is 256 g/mol. The molecule has 2 amide bonds. The number of carbonyl (C=O) groups is 3. The molecule has 2 aliphatic rings. The molecule has 0 aromatic rings. The highest BCUT2D eigenvalue weighted by molar-refractivity contribution is 7.99. The summed E-state index contributed by atoms with van der Waals surface area (Å²) in [6.45, 7) is 2.19. The predicted molar refractivity (Wildman–Crippen MR) is 66.0 cm³/mol. The van der Waals surface area contributed by atoms with E-state index in [2.05, 4.69) is 0 Å². The topological polar surface area (TPSA) is 77.9 Å². The third-order valence-electron chi connectivity index (χ3n) is 3.42. The first-order valence-corrected chi connectivity index (χ1v) is 7.02. The molecule has 0 saturated carbocycles. The van der Waals surface area contributed by atoms with Gasteiger partial charge in [0.25, 0.3) is 0 Å². The predicted octanol–water partition coefficient (Wildman–Crippen LogP) is -0.159. The number of hydrogen-bond donors (Lipinski definition) is 1. The molecule has 0 bridgehead atoms. The Kier molecular flexibility index (Phi) is 3.79. The Morgan fingerprint density at radius 2 is 2.06 bits per heavy atom. The first-order chi connectivity index (χ1) is 8.50. The Balaban J connectivity index is 2.00. The first-order valence-electron chi connectivity index (χ1n) is 5.87. The largest absolute Gasteiger partial charge is 0.481 e. The maximum absolute atomic E-state index is 12.3. The second-order valence-corrected chi connectivity index (χ2v) is 5.61. The van der Waals surface area contributed by atoms with E-state index in [4.69, 9.17) is 5.11 Å². The number of carboxylic acids is 1. The highest BCUT2D eigenvalue weighted by atomic mass is 32.2. The number of nitrogens with zero attached hydrogens (tertiary/aromatic N) is 2. The fraction of sp³-hybridized carbons (Fsp3) is 0.727. The molecule has 2 saturated heterocycles. The zero-order chi connectivity index (χ0) is 13.3. The third kappa shape index (κ3) is 2.45. The average Bonchev–Trinajstić information content (AvgIpc) is 2.97. The van der Waals surface area contributed by atoms with Gasteiger partial charge < -0.3 is 14.9 Å². The van der Waals surface area contributed by atoms with Crippen molar-refractivity contribution in [3.05, 3.63) is 0 Å². The van der Waals surface area contributed by atoms with Crippen molar-refractivity contribution in [1.82, 2.24) is 9.80 Å². The van der Waals surface area contributed by atoms with E-state index in [1.807, 2.05) is 0 Å². The standard InChI is InChI=1S/C11H16N2O4S/c1-7(14)13-6-18-5-9(13)10(15)12-3-2-8(4-12)11(16)17/h8-9H,2-6H2,1H3,(H,16,17)/t8-,9-/m1/s1. The molecule has 0 aromatic heterocycles. The highest BCUT2D eigenvalue weighted by Crippen LogP contribution is 2.25. The molecule has 2 rings (SSSR count). The van der Waals surface area contributed by atoms with Gasteiger partial charge >= 0.3 is 5.97 Å². The summed E-state index contributed by atoms with van der Waals surface area (Å²) < 4.78 is 0. The van der Waals surface area contributed by atoms with Crippen molar-refractivity contribution in [1.29, 1.82) is 0 Å². The Labute approximate surface area is 109 Å². The lowest BCUT2D eigenvalue weighted by atomic mass is 10.1. The quantitative estimate of drug-likeness (QED) is 0.756. The zero-order valence-corrected chi connectivity index (χ0v) is 11.0. The summed E-state index contributed by atoms with van der Waals surface area (Å²) >= 11 is 1.55. The molecule has 100 valence electrons. The summed E-state index contributed by atoms with van der Waals surface area (Å²) in [6, 6.07) is -0.417. The lowest BCUT2D eigenvalue weighted by Crippen LogP contribution is -2.47. The van der Waals surface area contributed by atoms with Crippen LogP contribution in [0.2, 0.25) is 0 Å². The molecular formula is C11H16N2O4S. The Hall–Kier alpha value is -1.24. The van der Waals surface area contributed by atoms with Crippen LogP contribution < -0.4 is 0 Å². The fourth-order valence-electron chi connectivity index (χ4n) is 2.33. The maximum atomic E-state index is 12.3. The molecule has 18 heavy (non-hydrogen) atoms. The van der Waals surface area contributed by atoms with Crippen molar-refractivity contribution in [2.45, 2.75) is 19.4 Å². The van der Waals surface area contributed by atoms with Crippen LogP contribution in [0.1, 0.15) is 13.3 Å². The van der Waals surface area contributed by atoms with Crippen LogP contribution in [-0.4, -0.2) is 63.5 Å². The van der Waals surface area contributed by atoms with Gasteiger partial charge in [-0.3, -0.25) is 14.4 Å². The van der Waals surface area contributed by atoms with E-state index in [-0.39, 0.29) is 18.4 Å². The molecule has 0 unspecified atom stereocenters. The summed E-state index contributed by atoms with van der Waals surface area (Å²) in [5.74, 6) is -0.385. The maximum Gasteiger partial charge on any atom is 0.308 e. The van der Waals surface area contributed by atoms with Crippen LogP contribution in [-0.2, 0) is 14.4 Å². The molecule has 2 heterocycles. The number of carboxylic acid groups (broad SMARTS) is 1. The molecule has 7 heteroatoms. The van der Waals surface area contributed by atoms with Crippen LogP contribution in [0.5, 0.6) is 0 Å². The van der Waals surface area contributed by atoms with Crippen LogP contribution >= 0.6 is 11.8 Å². The lowest BCUT2D eigenvalue weighted by molar-refractivity contribution is -0.143. The Bertz CT molecular complexity index is 387.